The molecule has 1 fully saturated rings. The van der Waals surface area contributed by atoms with Crippen LogP contribution in [0, 0.1) is 5.41 Å². The fourth-order valence-corrected chi connectivity index (χ4v) is 2.64. The first kappa shape index (κ1) is 15.8. The maximum absolute atomic E-state index is 12.2. The lowest BCUT2D eigenvalue weighted by molar-refractivity contribution is -0.140. The predicted molar refractivity (Wildman–Crippen MR) is 84.0 cm³/mol. The lowest BCUT2D eigenvalue weighted by Gasteiger charge is -2.36. The summed E-state index contributed by atoms with van der Waals surface area (Å²) in [6, 6.07) is 7.74. The molecule has 4 nitrogen and oxygen atoms in total. The van der Waals surface area contributed by atoms with Gasteiger partial charge < -0.3 is 15.3 Å². The van der Waals surface area contributed by atoms with Gasteiger partial charge in [-0.1, -0.05) is 32.9 Å². The molecule has 0 radical (unpaired) electrons. The third-order valence-electron chi connectivity index (χ3n) is 3.95. The van der Waals surface area contributed by atoms with Crippen LogP contribution < -0.4 is 5.32 Å². The first-order chi connectivity index (χ1) is 9.86. The molecule has 1 aliphatic heterocycles. The molecule has 2 rings (SSSR count). The summed E-state index contributed by atoms with van der Waals surface area (Å²) in [6.45, 7) is 8.41. The van der Waals surface area contributed by atoms with Crippen LogP contribution >= 0.6 is 0 Å². The molecule has 2 N–H and O–H groups in total. The number of carbonyl (C=O) groups is 1. The molecule has 0 aliphatic carbocycles. The van der Waals surface area contributed by atoms with Crippen LogP contribution in [0.2, 0.25) is 0 Å². The molecule has 21 heavy (non-hydrogen) atoms. The Balaban J connectivity index is 1.77. The Labute approximate surface area is 127 Å². The van der Waals surface area contributed by atoms with Crippen LogP contribution in [0.15, 0.2) is 24.3 Å². The normalized spacial score (nSPS) is 17.0. The molecule has 1 saturated heterocycles. The van der Waals surface area contributed by atoms with Crippen LogP contribution in [0.4, 0.5) is 0 Å². The Morgan fingerprint density at radius 3 is 2.33 bits per heavy atom. The summed E-state index contributed by atoms with van der Waals surface area (Å²) in [7, 11) is 0. The van der Waals surface area contributed by atoms with Crippen molar-refractivity contribution in [1.82, 2.24) is 10.2 Å². The van der Waals surface area contributed by atoms with E-state index in [4.69, 9.17) is 0 Å². The van der Waals surface area contributed by atoms with Gasteiger partial charge in [-0.15, -0.1) is 0 Å². The highest BCUT2D eigenvalue weighted by Gasteiger charge is 2.30. The Bertz CT molecular complexity index is 469. The van der Waals surface area contributed by atoms with Crippen LogP contribution in [-0.2, 0) is 11.3 Å². The lowest BCUT2D eigenvalue weighted by Crippen LogP contribution is -2.48. The number of piperidine rings is 1. The maximum atomic E-state index is 12.2. The second kappa shape index (κ2) is 6.48. The van der Waals surface area contributed by atoms with Crippen molar-refractivity contribution in [3.05, 3.63) is 29.8 Å². The Kier molecular flexibility index (Phi) is 4.88. The minimum absolute atomic E-state index is 0.250. The molecule has 0 spiro atoms. The van der Waals surface area contributed by atoms with Crippen LogP contribution in [-0.4, -0.2) is 35.0 Å². The standard InChI is InChI=1S/C17H26N2O2/c1-17(2,3)16(21)19-10-8-14(9-11-19)18-12-13-4-6-15(20)7-5-13/h4-7,14,18,20H,8-12H2,1-3H3. The van der Waals surface area contributed by atoms with Crippen molar-refractivity contribution in [3.8, 4) is 5.75 Å². The highest BCUT2D eigenvalue weighted by atomic mass is 16.3. The summed E-state index contributed by atoms with van der Waals surface area (Å²) in [5.74, 6) is 0.548. The molecule has 1 aromatic carbocycles. The number of likely N-dealkylation sites (tertiary alicyclic amines) is 1. The first-order valence-corrected chi connectivity index (χ1v) is 7.67. The van der Waals surface area contributed by atoms with E-state index in [0.29, 0.717) is 11.8 Å². The SMILES string of the molecule is CC(C)(C)C(=O)N1CCC(NCc2ccc(O)cc2)CC1. The molecular formula is C17H26N2O2. The van der Waals surface area contributed by atoms with Gasteiger partial charge in [-0.3, -0.25) is 4.79 Å². The van der Waals surface area contributed by atoms with Crippen molar-refractivity contribution in [2.75, 3.05) is 13.1 Å². The zero-order valence-corrected chi connectivity index (χ0v) is 13.2. The van der Waals surface area contributed by atoms with Crippen molar-refractivity contribution in [2.24, 2.45) is 5.41 Å². The van der Waals surface area contributed by atoms with Crippen molar-refractivity contribution >= 4 is 5.91 Å². The van der Waals surface area contributed by atoms with E-state index >= 15 is 0 Å². The third kappa shape index (κ3) is 4.46. The van der Waals surface area contributed by atoms with Gasteiger partial charge in [-0.25, -0.2) is 0 Å². The monoisotopic (exact) mass is 290 g/mol. The quantitative estimate of drug-likeness (QED) is 0.899. The highest BCUT2D eigenvalue weighted by Crippen LogP contribution is 2.21. The fraction of sp³-hybridized carbons (Fsp3) is 0.588. The van der Waals surface area contributed by atoms with E-state index in [9.17, 15) is 9.90 Å². The largest absolute Gasteiger partial charge is 0.508 e. The number of carbonyl (C=O) groups excluding carboxylic acids is 1. The summed E-state index contributed by atoms with van der Waals surface area (Å²) in [6.07, 6.45) is 2.00. The number of aromatic hydroxyl groups is 1. The minimum Gasteiger partial charge on any atom is -0.508 e. The summed E-state index contributed by atoms with van der Waals surface area (Å²) in [5.41, 5.74) is 0.882. The highest BCUT2D eigenvalue weighted by molar-refractivity contribution is 5.81. The van der Waals surface area contributed by atoms with Crippen LogP contribution in [0.1, 0.15) is 39.2 Å². The number of nitrogens with one attached hydrogen (secondary N) is 1. The molecule has 0 atom stereocenters. The average molecular weight is 290 g/mol. The van der Waals surface area contributed by atoms with Crippen LogP contribution in [0.5, 0.6) is 5.75 Å². The number of rotatable bonds is 3. The summed E-state index contributed by atoms with van der Waals surface area (Å²) >= 11 is 0. The van der Waals surface area contributed by atoms with Gasteiger partial charge in [0.2, 0.25) is 5.91 Å². The number of phenols is 1. The molecule has 0 aromatic heterocycles. The minimum atomic E-state index is -0.285. The average Bonchev–Trinajstić information content (AvgIpc) is 2.45. The van der Waals surface area contributed by atoms with E-state index in [2.05, 4.69) is 5.32 Å². The van der Waals surface area contributed by atoms with Crippen molar-refractivity contribution in [3.63, 3.8) is 0 Å². The smallest absolute Gasteiger partial charge is 0.227 e. The van der Waals surface area contributed by atoms with E-state index in [1.54, 1.807) is 12.1 Å². The molecule has 0 unspecified atom stereocenters. The zero-order valence-electron chi connectivity index (χ0n) is 13.2. The number of benzene rings is 1. The van der Waals surface area contributed by atoms with E-state index in [1.165, 1.54) is 5.56 Å². The number of hydrogen-bond donors (Lipinski definition) is 2. The Hall–Kier alpha value is -1.55. The number of amides is 1. The Morgan fingerprint density at radius 2 is 1.81 bits per heavy atom. The number of nitrogens with zero attached hydrogens (tertiary/aromatic N) is 1. The van der Waals surface area contributed by atoms with E-state index in [0.717, 1.165) is 32.5 Å². The first-order valence-electron chi connectivity index (χ1n) is 7.67. The fourth-order valence-electron chi connectivity index (χ4n) is 2.64. The van der Waals surface area contributed by atoms with Crippen molar-refractivity contribution in [2.45, 2.75) is 46.2 Å². The van der Waals surface area contributed by atoms with Gasteiger partial charge in [0.05, 0.1) is 0 Å². The zero-order chi connectivity index (χ0) is 15.5. The summed E-state index contributed by atoms with van der Waals surface area (Å²) in [5, 5.41) is 12.8. The van der Waals surface area contributed by atoms with Crippen molar-refractivity contribution < 1.29 is 9.90 Å². The van der Waals surface area contributed by atoms with Gasteiger partial charge in [0.15, 0.2) is 0 Å². The molecular weight excluding hydrogens is 264 g/mol. The summed E-state index contributed by atoms with van der Waals surface area (Å²) in [4.78, 5) is 14.2. The van der Waals surface area contributed by atoms with Crippen molar-refractivity contribution in [1.29, 1.82) is 0 Å². The van der Waals surface area contributed by atoms with Crippen LogP contribution in [0.25, 0.3) is 0 Å². The van der Waals surface area contributed by atoms with E-state index in [-0.39, 0.29) is 11.3 Å². The molecule has 1 amide bonds. The van der Waals surface area contributed by atoms with E-state index < -0.39 is 0 Å². The van der Waals surface area contributed by atoms with Gasteiger partial charge in [0.25, 0.3) is 0 Å². The molecule has 1 aliphatic rings. The molecule has 116 valence electrons. The second-order valence-electron chi connectivity index (χ2n) is 6.86. The van der Waals surface area contributed by atoms with Gasteiger partial charge in [0.1, 0.15) is 5.75 Å². The molecule has 1 aromatic rings. The van der Waals surface area contributed by atoms with Gasteiger partial charge in [-0.2, -0.15) is 0 Å². The topological polar surface area (TPSA) is 52.6 Å². The lowest BCUT2D eigenvalue weighted by atomic mass is 9.93. The second-order valence-corrected chi connectivity index (χ2v) is 6.86. The molecule has 4 heteroatoms. The number of hydrogen-bond acceptors (Lipinski definition) is 3. The van der Waals surface area contributed by atoms with Crippen LogP contribution in [0.3, 0.4) is 0 Å². The Morgan fingerprint density at radius 1 is 1.24 bits per heavy atom. The predicted octanol–water partition coefficient (Wildman–Crippen LogP) is 2.52. The number of phenolic OH excluding ortho intramolecular Hbond substituents is 1. The molecule has 1 heterocycles. The molecule has 0 saturated carbocycles. The van der Waals surface area contributed by atoms with Gasteiger partial charge >= 0.3 is 0 Å². The van der Waals surface area contributed by atoms with E-state index in [1.807, 2.05) is 37.8 Å². The maximum Gasteiger partial charge on any atom is 0.227 e. The molecule has 0 bridgehead atoms. The third-order valence-corrected chi connectivity index (χ3v) is 3.95. The van der Waals surface area contributed by atoms with Gasteiger partial charge in [-0.05, 0) is 30.5 Å². The summed E-state index contributed by atoms with van der Waals surface area (Å²) < 4.78 is 0. The van der Waals surface area contributed by atoms with Gasteiger partial charge in [0, 0.05) is 31.1 Å².